The minimum absolute atomic E-state index is 0. The maximum atomic E-state index is 3.53. The molecular formula is C43H50Cl2SiZr-2. The van der Waals surface area contributed by atoms with Crippen LogP contribution >= 0.6 is 0 Å². The van der Waals surface area contributed by atoms with E-state index in [9.17, 15) is 0 Å². The molecule has 1 aliphatic carbocycles. The third-order valence-electron chi connectivity index (χ3n) is 8.43. The second-order valence-electron chi connectivity index (χ2n) is 15.4. The van der Waals surface area contributed by atoms with E-state index in [1.165, 1.54) is 54.9 Å². The quantitative estimate of drug-likeness (QED) is 0.185. The molecule has 0 N–H and O–H groups in total. The van der Waals surface area contributed by atoms with Gasteiger partial charge in [-0.15, -0.1) is 5.56 Å². The Labute approximate surface area is 313 Å². The minimum atomic E-state index is -0.455. The Balaban J connectivity index is 0.000000258. The Morgan fingerprint density at radius 1 is 0.617 bits per heavy atom. The maximum absolute atomic E-state index is 3.53. The second kappa shape index (κ2) is 17.0. The Bertz CT molecular complexity index is 1630. The molecule has 246 valence electrons. The van der Waals surface area contributed by atoms with Crippen molar-refractivity contribution in [2.45, 2.75) is 91.9 Å². The normalized spacial score (nSPS) is 11.7. The Kier molecular flexibility index (Phi) is 14.9. The zero-order valence-electron chi connectivity index (χ0n) is 29.9. The monoisotopic (exact) mass is 754 g/mol. The molecule has 0 fully saturated rings. The molecule has 0 saturated carbocycles. The summed E-state index contributed by atoms with van der Waals surface area (Å²) < 4.78 is 0. The van der Waals surface area contributed by atoms with Crippen LogP contribution < -0.4 is 35.2 Å². The van der Waals surface area contributed by atoms with E-state index in [4.69, 9.17) is 0 Å². The third kappa shape index (κ3) is 11.2. The van der Waals surface area contributed by atoms with Crippen molar-refractivity contribution >= 4 is 15.8 Å². The van der Waals surface area contributed by atoms with Crippen LogP contribution in [0.4, 0.5) is 0 Å². The molecule has 0 unspecified atom stereocenters. The van der Waals surface area contributed by atoms with Crippen LogP contribution in [-0.4, -0.2) is 5.43 Å². The molecule has 0 radical (unpaired) electrons. The van der Waals surface area contributed by atoms with Crippen molar-refractivity contribution in [1.29, 1.82) is 0 Å². The predicted octanol–water partition coefficient (Wildman–Crippen LogP) is 4.01. The van der Waals surface area contributed by atoms with E-state index < -0.39 is 5.43 Å². The number of fused-ring (bicyclic) bond motifs is 3. The van der Waals surface area contributed by atoms with E-state index in [-0.39, 0.29) is 35.6 Å². The molecule has 0 heterocycles. The number of hydrogen-bond donors (Lipinski definition) is 0. The molecule has 0 spiro atoms. The number of benzene rings is 4. The number of aryl methyl sites for hydroxylation is 1. The molecule has 4 heteroatoms. The Morgan fingerprint density at radius 3 is 1.53 bits per heavy atom. The first kappa shape index (κ1) is 41.1. The topological polar surface area (TPSA) is 0 Å². The summed E-state index contributed by atoms with van der Waals surface area (Å²) in [6.45, 7) is 22.5. The molecule has 1 aliphatic rings. The van der Waals surface area contributed by atoms with Gasteiger partial charge in [-0.25, -0.2) is 6.07 Å². The van der Waals surface area contributed by atoms with E-state index in [0.29, 0.717) is 5.41 Å². The average molecular weight is 757 g/mol. The van der Waals surface area contributed by atoms with Crippen molar-refractivity contribution < 1.29 is 48.1 Å². The molecule has 0 bridgehead atoms. The summed E-state index contributed by atoms with van der Waals surface area (Å²) in [5.74, 6) is 0. The van der Waals surface area contributed by atoms with Gasteiger partial charge in [0.2, 0.25) is 0 Å². The van der Waals surface area contributed by atoms with Crippen molar-refractivity contribution in [3.63, 3.8) is 0 Å². The molecule has 47 heavy (non-hydrogen) atoms. The summed E-state index contributed by atoms with van der Waals surface area (Å²) >= 11 is 1.64. The molecule has 0 aromatic heterocycles. The summed E-state index contributed by atoms with van der Waals surface area (Å²) in [5, 5.41) is 3.03. The van der Waals surface area contributed by atoms with Crippen molar-refractivity contribution in [2.24, 2.45) is 0 Å². The van der Waals surface area contributed by atoms with Crippen LogP contribution in [0, 0.1) is 13.0 Å². The summed E-state index contributed by atoms with van der Waals surface area (Å²) in [5.41, 5.74) is 11.4. The number of rotatable bonds is 2. The van der Waals surface area contributed by atoms with Gasteiger partial charge in [-0.3, -0.25) is 0 Å². The number of hydrogen-bond acceptors (Lipinski definition) is 0. The van der Waals surface area contributed by atoms with Gasteiger partial charge in [0.15, 0.2) is 0 Å². The van der Waals surface area contributed by atoms with Crippen LogP contribution in [0.1, 0.15) is 95.7 Å². The van der Waals surface area contributed by atoms with Gasteiger partial charge in [0, 0.05) is 0 Å². The first-order chi connectivity index (χ1) is 21.0. The van der Waals surface area contributed by atoms with Crippen molar-refractivity contribution in [2.75, 3.05) is 0 Å². The molecule has 0 atom stereocenters. The first-order valence-electron chi connectivity index (χ1n) is 16.2. The molecule has 5 aromatic rings. The first-order valence-corrected chi connectivity index (χ1v) is 21.3. The third-order valence-corrected chi connectivity index (χ3v) is 14.5. The zero-order valence-corrected chi connectivity index (χ0v) is 34.8. The summed E-state index contributed by atoms with van der Waals surface area (Å²) in [6.07, 6.45) is 1.03. The molecule has 0 aliphatic heterocycles. The van der Waals surface area contributed by atoms with Crippen LogP contribution in [0.15, 0.2) is 109 Å². The summed E-state index contributed by atoms with van der Waals surface area (Å²) in [6, 6.07) is 43.4. The molecule has 0 nitrogen and oxygen atoms in total. The summed E-state index contributed by atoms with van der Waals surface area (Å²) in [7, 11) is 0. The Morgan fingerprint density at radius 2 is 1.11 bits per heavy atom. The molecule has 5 aromatic carbocycles. The van der Waals surface area contributed by atoms with Crippen molar-refractivity contribution in [1.82, 2.24) is 0 Å². The summed E-state index contributed by atoms with van der Waals surface area (Å²) in [4.78, 5) is 0. The van der Waals surface area contributed by atoms with Crippen LogP contribution in [-0.2, 0) is 46.0 Å². The van der Waals surface area contributed by atoms with Crippen molar-refractivity contribution in [3.05, 3.63) is 149 Å². The second-order valence-corrected chi connectivity index (χ2v) is 21.0. The zero-order chi connectivity index (χ0) is 33.0. The molecule has 0 saturated heterocycles. The van der Waals surface area contributed by atoms with Gasteiger partial charge in [0.25, 0.3) is 0 Å². The van der Waals surface area contributed by atoms with Gasteiger partial charge in [0.05, 0.1) is 0 Å². The van der Waals surface area contributed by atoms with E-state index >= 15 is 0 Å². The van der Waals surface area contributed by atoms with Gasteiger partial charge in [-0.05, 0) is 17.4 Å². The molecule has 0 amide bonds. The fourth-order valence-electron chi connectivity index (χ4n) is 5.39. The van der Waals surface area contributed by atoms with Gasteiger partial charge in [-0.2, -0.15) is 52.6 Å². The van der Waals surface area contributed by atoms with Crippen LogP contribution in [0.5, 0.6) is 0 Å². The van der Waals surface area contributed by atoms with Gasteiger partial charge < -0.3 is 24.8 Å². The average Bonchev–Trinajstić information content (AvgIpc) is 3.60. The van der Waals surface area contributed by atoms with Crippen molar-refractivity contribution in [3.8, 4) is 11.1 Å². The number of halogens is 2. The fourth-order valence-corrected chi connectivity index (χ4v) is 9.23. The van der Waals surface area contributed by atoms with Crippen LogP contribution in [0.2, 0.25) is 0 Å². The van der Waals surface area contributed by atoms with E-state index in [1.807, 2.05) is 0 Å². The SMILES string of the molecule is CC(C)(C)c1c[c-]c2c(c1)-c1cc(C(C)(C)C)ccc1C2.Cc1cc(C(C)(C)C)c[cH-]1.[Cl-].[Cl-].[Zr+2]=[Si](c1ccccc1)c1ccccc1. The van der Waals surface area contributed by atoms with Gasteiger partial charge in [-0.1, -0.05) is 109 Å². The van der Waals surface area contributed by atoms with E-state index in [2.05, 4.69) is 184 Å². The van der Waals surface area contributed by atoms with Crippen LogP contribution in [0.3, 0.4) is 0 Å². The van der Waals surface area contributed by atoms with Gasteiger partial charge >= 0.3 is 99.8 Å². The predicted molar refractivity (Wildman–Crippen MR) is 194 cm³/mol. The standard InChI is InChI=1S/C21H25.C12H10Si.C10H15.2ClH.Zr/c1-20(2,3)16-9-7-14-11-15-8-10-17(21(4,5)6)13-19(15)18(14)12-16;1-3-7-11(8-4-1)13-12-9-5-2-6-10-12;1-8-5-6-9(7-8)10(2,3)4;;;/h7,9-10,12-13H,11H2,1-6H3;1-10H;5-7H,1-4H3;2*1H;/q-1;;-1;;;+2/p-2. The van der Waals surface area contributed by atoms with E-state index in [1.54, 1.807) is 23.3 Å². The fraction of sp³-hybridized carbons (Fsp3) is 0.326. The Hall–Kier alpha value is -2.09. The molecular weight excluding hydrogens is 707 g/mol. The van der Waals surface area contributed by atoms with Gasteiger partial charge in [0.1, 0.15) is 0 Å². The van der Waals surface area contributed by atoms with Crippen LogP contribution in [0.25, 0.3) is 11.1 Å². The van der Waals surface area contributed by atoms with E-state index in [0.717, 1.165) is 6.42 Å². The molecule has 6 rings (SSSR count).